The zero-order valence-corrected chi connectivity index (χ0v) is 21.2. The Morgan fingerprint density at radius 2 is 1.89 bits per heavy atom. The van der Waals surface area contributed by atoms with Crippen molar-refractivity contribution in [3.8, 4) is 0 Å². The third kappa shape index (κ3) is 4.75. The van der Waals surface area contributed by atoms with Gasteiger partial charge in [0.2, 0.25) is 0 Å². The number of carbonyl (C=O) groups is 1. The van der Waals surface area contributed by atoms with Crippen LogP contribution in [0.25, 0.3) is 10.9 Å². The molecule has 6 rings (SSSR count). The minimum Gasteiger partial charge on any atom is -0.373 e. The Labute approximate surface area is 215 Å². The van der Waals surface area contributed by atoms with E-state index < -0.39 is 11.6 Å². The number of piperidine rings is 1. The van der Waals surface area contributed by atoms with Crippen molar-refractivity contribution in [3.63, 3.8) is 0 Å². The molecule has 2 aliphatic heterocycles. The highest BCUT2D eigenvalue weighted by molar-refractivity contribution is 5.98. The van der Waals surface area contributed by atoms with Gasteiger partial charge in [0, 0.05) is 56.3 Å². The number of halogens is 2. The summed E-state index contributed by atoms with van der Waals surface area (Å²) in [6.07, 6.45) is 7.83. The zero-order chi connectivity index (χ0) is 25.7. The second kappa shape index (κ2) is 9.56. The molecule has 1 amide bonds. The molecule has 2 N–H and O–H groups in total. The van der Waals surface area contributed by atoms with Gasteiger partial charge in [-0.25, -0.2) is 8.78 Å². The number of likely N-dealkylation sites (tertiary alicyclic amines) is 1. The third-order valence-electron chi connectivity index (χ3n) is 7.93. The van der Waals surface area contributed by atoms with E-state index in [4.69, 9.17) is 10.7 Å². The fourth-order valence-corrected chi connectivity index (χ4v) is 5.81. The molecular weight excluding hydrogens is 472 g/mol. The number of rotatable bonds is 5. The standard InChI is InChI=1S/C29H33F2N5O/c1-34-8-2-4-19-10-21(29(37)35-9-3-5-22(32)17-35)13-26(28(19)34)33-15-23-11-20-12-24(30)25(31)14-27(20)36(23)16-18-6-7-18/h10-15,18,22H,2-9,16-17,32H2,1H3. The van der Waals surface area contributed by atoms with Crippen molar-refractivity contribution in [2.75, 3.05) is 31.6 Å². The van der Waals surface area contributed by atoms with E-state index in [9.17, 15) is 13.6 Å². The van der Waals surface area contributed by atoms with Crippen LogP contribution in [0.1, 0.15) is 53.7 Å². The van der Waals surface area contributed by atoms with Crippen LogP contribution in [-0.4, -0.2) is 54.3 Å². The predicted molar refractivity (Wildman–Crippen MR) is 143 cm³/mol. The monoisotopic (exact) mass is 505 g/mol. The molecule has 0 bridgehead atoms. The lowest BCUT2D eigenvalue weighted by molar-refractivity contribution is 0.0708. The van der Waals surface area contributed by atoms with E-state index in [0.29, 0.717) is 28.9 Å². The van der Waals surface area contributed by atoms with Crippen LogP contribution >= 0.6 is 0 Å². The summed E-state index contributed by atoms with van der Waals surface area (Å²) in [5.41, 5.74) is 11.2. The first kappa shape index (κ1) is 24.1. The second-order valence-electron chi connectivity index (χ2n) is 10.9. The first-order valence-electron chi connectivity index (χ1n) is 13.3. The van der Waals surface area contributed by atoms with E-state index in [2.05, 4.69) is 11.9 Å². The van der Waals surface area contributed by atoms with Crippen molar-refractivity contribution < 1.29 is 13.6 Å². The van der Waals surface area contributed by atoms with Crippen LogP contribution in [0, 0.1) is 17.6 Å². The van der Waals surface area contributed by atoms with E-state index in [1.54, 1.807) is 6.21 Å². The number of hydrogen-bond donors (Lipinski definition) is 1. The highest BCUT2D eigenvalue weighted by Crippen LogP contribution is 2.38. The number of nitrogens with zero attached hydrogens (tertiary/aromatic N) is 4. The summed E-state index contributed by atoms with van der Waals surface area (Å²) in [5.74, 6) is -1.15. The summed E-state index contributed by atoms with van der Waals surface area (Å²) in [6, 6.07) is 8.31. The summed E-state index contributed by atoms with van der Waals surface area (Å²) in [4.78, 5) is 22.4. The van der Waals surface area contributed by atoms with Crippen molar-refractivity contribution in [2.24, 2.45) is 16.6 Å². The maximum atomic E-state index is 14.1. The fourth-order valence-electron chi connectivity index (χ4n) is 5.81. The maximum absolute atomic E-state index is 14.1. The number of fused-ring (bicyclic) bond motifs is 2. The molecule has 0 radical (unpaired) electrons. The Kier molecular flexibility index (Phi) is 6.23. The summed E-state index contributed by atoms with van der Waals surface area (Å²) in [6.45, 7) is 2.96. The van der Waals surface area contributed by atoms with Crippen LogP contribution < -0.4 is 10.6 Å². The number of carbonyl (C=O) groups excluding carboxylic acids is 1. The molecule has 0 spiro atoms. The van der Waals surface area contributed by atoms with Crippen molar-refractivity contribution in [3.05, 3.63) is 58.8 Å². The van der Waals surface area contributed by atoms with Gasteiger partial charge in [-0.1, -0.05) is 0 Å². The first-order valence-corrected chi connectivity index (χ1v) is 13.3. The quantitative estimate of drug-likeness (QED) is 0.495. The molecule has 1 aliphatic carbocycles. The summed E-state index contributed by atoms with van der Waals surface area (Å²) >= 11 is 0. The SMILES string of the molecule is CN1CCCc2cc(C(=O)N3CCCC(N)C3)cc(N=Cc3cc4cc(F)c(F)cc4n3CC3CC3)c21. The number of nitrogens with two attached hydrogens (primary N) is 1. The second-order valence-corrected chi connectivity index (χ2v) is 10.9. The molecule has 2 aromatic carbocycles. The molecule has 1 atom stereocenters. The molecule has 3 aliphatic rings. The van der Waals surface area contributed by atoms with Gasteiger partial charge in [-0.15, -0.1) is 0 Å². The van der Waals surface area contributed by atoms with Crippen LogP contribution in [0.2, 0.25) is 0 Å². The van der Waals surface area contributed by atoms with Crippen molar-refractivity contribution in [1.82, 2.24) is 9.47 Å². The Bertz CT molecular complexity index is 1390. The van der Waals surface area contributed by atoms with Crippen LogP contribution in [-0.2, 0) is 13.0 Å². The minimum atomic E-state index is -0.848. The van der Waals surface area contributed by atoms with Crippen molar-refractivity contribution in [2.45, 2.75) is 51.1 Å². The van der Waals surface area contributed by atoms with E-state index in [0.717, 1.165) is 80.8 Å². The average molecular weight is 506 g/mol. The highest BCUT2D eigenvalue weighted by Gasteiger charge is 2.27. The topological polar surface area (TPSA) is 66.9 Å². The summed E-state index contributed by atoms with van der Waals surface area (Å²) in [5, 5.41) is 0.658. The van der Waals surface area contributed by atoms with Gasteiger partial charge in [-0.05, 0) is 74.3 Å². The number of aliphatic imine (C=N–C) groups is 1. The predicted octanol–water partition coefficient (Wildman–Crippen LogP) is 5.03. The van der Waals surface area contributed by atoms with Gasteiger partial charge in [0.05, 0.1) is 28.8 Å². The lowest BCUT2D eigenvalue weighted by Gasteiger charge is -2.32. The fraction of sp³-hybridized carbons (Fsp3) is 0.448. The molecule has 1 saturated carbocycles. The largest absolute Gasteiger partial charge is 0.373 e. The molecule has 1 saturated heterocycles. The molecule has 194 valence electrons. The first-order chi connectivity index (χ1) is 17.9. The van der Waals surface area contributed by atoms with E-state index in [1.807, 2.05) is 27.7 Å². The van der Waals surface area contributed by atoms with Crippen molar-refractivity contribution in [1.29, 1.82) is 0 Å². The molecule has 37 heavy (non-hydrogen) atoms. The van der Waals surface area contributed by atoms with Gasteiger partial charge >= 0.3 is 0 Å². The van der Waals surface area contributed by atoms with Gasteiger partial charge in [-0.3, -0.25) is 9.79 Å². The van der Waals surface area contributed by atoms with Gasteiger partial charge < -0.3 is 20.1 Å². The van der Waals surface area contributed by atoms with E-state index in [1.165, 1.54) is 12.1 Å². The minimum absolute atomic E-state index is 0.00331. The third-order valence-corrected chi connectivity index (χ3v) is 7.93. The number of anilines is 1. The molecule has 1 unspecified atom stereocenters. The number of benzene rings is 2. The van der Waals surface area contributed by atoms with Crippen LogP contribution in [0.3, 0.4) is 0 Å². The normalized spacial score (nSPS) is 20.2. The highest BCUT2D eigenvalue weighted by atomic mass is 19.2. The lowest BCUT2D eigenvalue weighted by Crippen LogP contribution is -2.45. The van der Waals surface area contributed by atoms with Gasteiger partial charge in [-0.2, -0.15) is 0 Å². The maximum Gasteiger partial charge on any atom is 0.253 e. The van der Waals surface area contributed by atoms with Crippen molar-refractivity contribution >= 4 is 34.4 Å². The van der Waals surface area contributed by atoms with E-state index >= 15 is 0 Å². The molecule has 2 fully saturated rings. The Morgan fingerprint density at radius 1 is 1.08 bits per heavy atom. The molecule has 8 heteroatoms. The summed E-state index contributed by atoms with van der Waals surface area (Å²) in [7, 11) is 2.05. The van der Waals surface area contributed by atoms with Crippen LogP contribution in [0.15, 0.2) is 35.3 Å². The molecule has 3 aromatic rings. The van der Waals surface area contributed by atoms with E-state index in [-0.39, 0.29) is 11.9 Å². The Hall–Kier alpha value is -3.26. The average Bonchev–Trinajstić information content (AvgIpc) is 3.65. The molecule has 6 nitrogen and oxygen atoms in total. The molecular formula is C29H33F2N5O. The van der Waals surface area contributed by atoms with Gasteiger partial charge in [0.15, 0.2) is 11.6 Å². The van der Waals surface area contributed by atoms with Crippen LogP contribution in [0.4, 0.5) is 20.2 Å². The van der Waals surface area contributed by atoms with Gasteiger partial charge in [0.1, 0.15) is 0 Å². The Morgan fingerprint density at radius 3 is 2.68 bits per heavy atom. The number of aryl methyl sites for hydroxylation is 1. The van der Waals surface area contributed by atoms with Crippen LogP contribution in [0.5, 0.6) is 0 Å². The zero-order valence-electron chi connectivity index (χ0n) is 21.2. The Balaban J connectivity index is 1.41. The number of hydrogen-bond acceptors (Lipinski definition) is 4. The smallest absolute Gasteiger partial charge is 0.253 e. The lowest BCUT2D eigenvalue weighted by atomic mass is 9.97. The molecule has 1 aromatic heterocycles. The summed E-state index contributed by atoms with van der Waals surface area (Å²) < 4.78 is 30.1. The number of aromatic nitrogens is 1. The van der Waals surface area contributed by atoms with Gasteiger partial charge in [0.25, 0.3) is 5.91 Å². The molecule has 3 heterocycles. The number of amides is 1.